The van der Waals surface area contributed by atoms with E-state index in [0.29, 0.717) is 16.7 Å². The molecule has 0 bridgehead atoms. The Kier molecular flexibility index (Phi) is 4.43. The fraction of sp³-hybridized carbons (Fsp3) is 0.364. The van der Waals surface area contributed by atoms with Gasteiger partial charge >= 0.3 is 5.97 Å². The molecule has 0 amide bonds. The van der Waals surface area contributed by atoms with Gasteiger partial charge in [0.2, 0.25) is 0 Å². The second kappa shape index (κ2) is 5.38. The van der Waals surface area contributed by atoms with Crippen molar-refractivity contribution in [2.75, 3.05) is 6.61 Å². The highest BCUT2D eigenvalue weighted by Gasteiger charge is 2.09. The second-order valence-corrected chi connectivity index (χ2v) is 3.99. The molecule has 1 aromatic carbocycles. The maximum absolute atomic E-state index is 11.2. The Labute approximate surface area is 99.1 Å². The molecule has 4 heteroatoms. The van der Waals surface area contributed by atoms with Gasteiger partial charge in [-0.3, -0.25) is 4.79 Å². The van der Waals surface area contributed by atoms with E-state index in [1.165, 1.54) is 0 Å². The molecule has 0 atom stereocenters. The van der Waals surface area contributed by atoms with Gasteiger partial charge < -0.3 is 4.74 Å². The highest BCUT2D eigenvalue weighted by Crippen LogP contribution is 2.25. The van der Waals surface area contributed by atoms with Gasteiger partial charge in [-0.25, -0.2) is 0 Å². The number of aryl methyl sites for hydroxylation is 1. The molecule has 15 heavy (non-hydrogen) atoms. The van der Waals surface area contributed by atoms with Gasteiger partial charge in [-0.2, -0.15) is 0 Å². The number of ether oxygens (including phenoxy) is 1. The molecule has 0 aromatic heterocycles. The van der Waals surface area contributed by atoms with Crippen LogP contribution in [0.5, 0.6) is 0 Å². The Morgan fingerprint density at radius 3 is 2.60 bits per heavy atom. The van der Waals surface area contributed by atoms with Crippen molar-refractivity contribution in [1.29, 1.82) is 0 Å². The number of esters is 1. The Bertz CT molecular complexity index is 375. The minimum atomic E-state index is -0.277. The van der Waals surface area contributed by atoms with E-state index in [4.69, 9.17) is 27.9 Å². The lowest BCUT2D eigenvalue weighted by Gasteiger charge is -2.06. The molecule has 0 aliphatic heterocycles. The molecule has 0 N–H and O–H groups in total. The van der Waals surface area contributed by atoms with Gasteiger partial charge in [0.25, 0.3) is 0 Å². The number of benzene rings is 1. The lowest BCUT2D eigenvalue weighted by atomic mass is 10.1. The van der Waals surface area contributed by atoms with Crippen molar-refractivity contribution >= 4 is 29.2 Å². The van der Waals surface area contributed by atoms with Crippen LogP contribution in [0.1, 0.15) is 18.1 Å². The topological polar surface area (TPSA) is 26.3 Å². The first kappa shape index (κ1) is 12.3. The van der Waals surface area contributed by atoms with E-state index in [2.05, 4.69) is 0 Å². The van der Waals surface area contributed by atoms with Crippen LogP contribution < -0.4 is 0 Å². The molecule has 0 saturated heterocycles. The third kappa shape index (κ3) is 3.40. The summed E-state index contributed by atoms with van der Waals surface area (Å²) in [5.41, 5.74) is 1.65. The van der Waals surface area contributed by atoms with E-state index < -0.39 is 0 Å². The predicted molar refractivity (Wildman–Crippen MR) is 61.5 cm³/mol. The van der Waals surface area contributed by atoms with Crippen LogP contribution in [0.3, 0.4) is 0 Å². The van der Waals surface area contributed by atoms with Gasteiger partial charge in [-0.05, 0) is 31.0 Å². The molecule has 0 spiro atoms. The quantitative estimate of drug-likeness (QED) is 0.765. The van der Waals surface area contributed by atoms with Gasteiger partial charge in [0.05, 0.1) is 13.0 Å². The molecule has 1 aromatic rings. The zero-order valence-electron chi connectivity index (χ0n) is 8.64. The van der Waals surface area contributed by atoms with Crippen LogP contribution in [0.2, 0.25) is 10.0 Å². The summed E-state index contributed by atoms with van der Waals surface area (Å²) in [7, 11) is 0. The standard InChI is InChI=1S/C11H12Cl2O2/c1-3-15-11(14)5-8-4-7(2)9(12)6-10(8)13/h4,6H,3,5H2,1-2H3. The average molecular weight is 247 g/mol. The van der Waals surface area contributed by atoms with Crippen molar-refractivity contribution in [2.45, 2.75) is 20.3 Å². The SMILES string of the molecule is CCOC(=O)Cc1cc(C)c(Cl)cc1Cl. The minimum absolute atomic E-state index is 0.185. The molecule has 0 aliphatic carbocycles. The van der Waals surface area contributed by atoms with Crippen LogP contribution in [0.4, 0.5) is 0 Å². The maximum Gasteiger partial charge on any atom is 0.310 e. The van der Waals surface area contributed by atoms with Crippen LogP contribution in [0.15, 0.2) is 12.1 Å². The number of carbonyl (C=O) groups is 1. The number of hydrogen-bond donors (Lipinski definition) is 0. The highest BCUT2D eigenvalue weighted by atomic mass is 35.5. The summed E-state index contributed by atoms with van der Waals surface area (Å²) in [6, 6.07) is 3.45. The first-order valence-corrected chi connectivity index (χ1v) is 5.40. The number of carbonyl (C=O) groups excluding carboxylic acids is 1. The van der Waals surface area contributed by atoms with Crippen LogP contribution in [-0.4, -0.2) is 12.6 Å². The molecular weight excluding hydrogens is 235 g/mol. The predicted octanol–water partition coefficient (Wildman–Crippen LogP) is 3.41. The number of halogens is 2. The molecule has 0 unspecified atom stereocenters. The Morgan fingerprint density at radius 1 is 1.33 bits per heavy atom. The first-order chi connectivity index (χ1) is 7.04. The maximum atomic E-state index is 11.2. The average Bonchev–Trinajstić information content (AvgIpc) is 2.14. The largest absolute Gasteiger partial charge is 0.466 e. The summed E-state index contributed by atoms with van der Waals surface area (Å²) < 4.78 is 4.84. The third-order valence-electron chi connectivity index (χ3n) is 1.97. The summed E-state index contributed by atoms with van der Waals surface area (Å²) in [6.45, 7) is 4.02. The normalized spacial score (nSPS) is 10.1. The van der Waals surface area contributed by atoms with Gasteiger partial charge in [0.15, 0.2) is 0 Å². The molecule has 2 nitrogen and oxygen atoms in total. The molecular formula is C11H12Cl2O2. The van der Waals surface area contributed by atoms with E-state index in [9.17, 15) is 4.79 Å². The molecule has 0 radical (unpaired) electrons. The fourth-order valence-electron chi connectivity index (χ4n) is 1.22. The molecule has 0 aliphatic rings. The molecule has 0 fully saturated rings. The van der Waals surface area contributed by atoms with E-state index in [-0.39, 0.29) is 12.4 Å². The van der Waals surface area contributed by atoms with E-state index in [0.717, 1.165) is 11.1 Å². The molecule has 82 valence electrons. The van der Waals surface area contributed by atoms with Crippen molar-refractivity contribution in [3.8, 4) is 0 Å². The van der Waals surface area contributed by atoms with Crippen LogP contribution in [0.25, 0.3) is 0 Å². The summed E-state index contributed by atoms with van der Waals surface area (Å²) >= 11 is 11.8. The van der Waals surface area contributed by atoms with Crippen molar-refractivity contribution < 1.29 is 9.53 Å². The van der Waals surface area contributed by atoms with Crippen LogP contribution in [-0.2, 0) is 16.0 Å². The number of rotatable bonds is 3. The fourth-order valence-corrected chi connectivity index (χ4v) is 1.67. The first-order valence-electron chi connectivity index (χ1n) is 4.64. The zero-order valence-corrected chi connectivity index (χ0v) is 10.2. The van der Waals surface area contributed by atoms with Gasteiger partial charge in [-0.1, -0.05) is 29.3 Å². The summed E-state index contributed by atoms with van der Waals surface area (Å²) in [5, 5.41) is 1.10. The van der Waals surface area contributed by atoms with Crippen LogP contribution in [0, 0.1) is 6.92 Å². The summed E-state index contributed by atoms with van der Waals surface area (Å²) in [4.78, 5) is 11.2. The van der Waals surface area contributed by atoms with Crippen LogP contribution >= 0.6 is 23.2 Å². The molecule has 0 saturated carbocycles. The smallest absolute Gasteiger partial charge is 0.310 e. The Morgan fingerprint density at radius 2 is 2.00 bits per heavy atom. The third-order valence-corrected chi connectivity index (χ3v) is 2.73. The molecule has 1 rings (SSSR count). The van der Waals surface area contributed by atoms with Crippen molar-refractivity contribution in [3.05, 3.63) is 33.3 Å². The van der Waals surface area contributed by atoms with Crippen molar-refractivity contribution in [1.82, 2.24) is 0 Å². The Balaban J connectivity index is 2.86. The zero-order chi connectivity index (χ0) is 11.4. The van der Waals surface area contributed by atoms with E-state index in [1.54, 1.807) is 13.0 Å². The van der Waals surface area contributed by atoms with Crippen molar-refractivity contribution in [2.24, 2.45) is 0 Å². The minimum Gasteiger partial charge on any atom is -0.466 e. The summed E-state index contributed by atoms with van der Waals surface area (Å²) in [5.74, 6) is -0.277. The highest BCUT2D eigenvalue weighted by molar-refractivity contribution is 6.35. The number of hydrogen-bond acceptors (Lipinski definition) is 2. The van der Waals surface area contributed by atoms with E-state index in [1.807, 2.05) is 13.0 Å². The second-order valence-electron chi connectivity index (χ2n) is 3.17. The van der Waals surface area contributed by atoms with Crippen molar-refractivity contribution in [3.63, 3.8) is 0 Å². The van der Waals surface area contributed by atoms with Gasteiger partial charge in [0.1, 0.15) is 0 Å². The monoisotopic (exact) mass is 246 g/mol. The Hall–Kier alpha value is -0.730. The van der Waals surface area contributed by atoms with Gasteiger partial charge in [0, 0.05) is 10.0 Å². The molecule has 0 heterocycles. The lowest BCUT2D eigenvalue weighted by Crippen LogP contribution is -2.08. The lowest BCUT2D eigenvalue weighted by molar-refractivity contribution is -0.142. The van der Waals surface area contributed by atoms with Gasteiger partial charge in [-0.15, -0.1) is 0 Å². The van der Waals surface area contributed by atoms with E-state index >= 15 is 0 Å². The summed E-state index contributed by atoms with van der Waals surface area (Å²) in [6.07, 6.45) is 0.185.